The van der Waals surface area contributed by atoms with Crippen LogP contribution in [-0.4, -0.2) is 18.5 Å². The van der Waals surface area contributed by atoms with Crippen LogP contribution in [0.4, 0.5) is 8.78 Å². The Labute approximate surface area is 98.2 Å². The van der Waals surface area contributed by atoms with Crippen LogP contribution in [0.3, 0.4) is 0 Å². The summed E-state index contributed by atoms with van der Waals surface area (Å²) in [4.78, 5) is 3.81. The second-order valence-corrected chi connectivity index (χ2v) is 3.69. The molecule has 0 saturated heterocycles. The van der Waals surface area contributed by atoms with Gasteiger partial charge in [-0.05, 0) is 24.3 Å². The molecule has 17 heavy (non-hydrogen) atoms. The van der Waals surface area contributed by atoms with Crippen LogP contribution in [0.15, 0.2) is 36.7 Å². The smallest absolute Gasteiger partial charge is 0.143 e. The van der Waals surface area contributed by atoms with Gasteiger partial charge in [-0.2, -0.15) is 0 Å². The molecule has 2 rings (SSSR count). The standard InChI is InChI=1S/C12H9BF2N2/c13-9-6-10(14)8(5-11(9)15)12(16)7-1-3-17-4-2-7/h1-6,16H,13H2. The van der Waals surface area contributed by atoms with Gasteiger partial charge in [0.15, 0.2) is 0 Å². The van der Waals surface area contributed by atoms with Crippen LogP contribution in [-0.2, 0) is 0 Å². The van der Waals surface area contributed by atoms with Gasteiger partial charge in [-0.3, -0.25) is 10.4 Å². The first-order chi connectivity index (χ1) is 8.09. The molecule has 0 aliphatic heterocycles. The molecule has 0 atom stereocenters. The molecule has 0 aliphatic rings. The first-order valence-electron chi connectivity index (χ1n) is 5.04. The minimum absolute atomic E-state index is 0.0423. The van der Waals surface area contributed by atoms with Gasteiger partial charge < -0.3 is 0 Å². The zero-order valence-electron chi connectivity index (χ0n) is 9.17. The van der Waals surface area contributed by atoms with Gasteiger partial charge in [0.25, 0.3) is 0 Å². The number of nitrogens with one attached hydrogen (secondary N) is 1. The summed E-state index contributed by atoms with van der Waals surface area (Å²) >= 11 is 0. The summed E-state index contributed by atoms with van der Waals surface area (Å²) in [6, 6.07) is 5.31. The van der Waals surface area contributed by atoms with Gasteiger partial charge in [0.2, 0.25) is 0 Å². The molecular weight excluding hydrogens is 221 g/mol. The molecule has 1 N–H and O–H groups in total. The molecule has 84 valence electrons. The van der Waals surface area contributed by atoms with E-state index in [0.717, 1.165) is 12.1 Å². The maximum absolute atomic E-state index is 13.6. The second kappa shape index (κ2) is 4.45. The molecule has 5 heteroatoms. The quantitative estimate of drug-likeness (QED) is 0.607. The highest BCUT2D eigenvalue weighted by atomic mass is 19.1. The summed E-state index contributed by atoms with van der Waals surface area (Å²) in [6.07, 6.45) is 3.01. The van der Waals surface area contributed by atoms with E-state index in [1.54, 1.807) is 12.1 Å². The third-order valence-corrected chi connectivity index (χ3v) is 2.49. The number of rotatable bonds is 2. The van der Waals surface area contributed by atoms with Crippen molar-refractivity contribution in [1.29, 1.82) is 5.41 Å². The van der Waals surface area contributed by atoms with Crippen LogP contribution in [0.5, 0.6) is 0 Å². The van der Waals surface area contributed by atoms with Crippen molar-refractivity contribution >= 4 is 19.0 Å². The molecule has 2 aromatic rings. The summed E-state index contributed by atoms with van der Waals surface area (Å²) in [6.45, 7) is 0. The zero-order valence-corrected chi connectivity index (χ0v) is 9.17. The van der Waals surface area contributed by atoms with E-state index in [2.05, 4.69) is 4.98 Å². The zero-order chi connectivity index (χ0) is 12.4. The Bertz CT molecular complexity index is 570. The highest BCUT2D eigenvalue weighted by Gasteiger charge is 2.12. The van der Waals surface area contributed by atoms with E-state index in [0.29, 0.717) is 5.56 Å². The van der Waals surface area contributed by atoms with Gasteiger partial charge in [-0.25, -0.2) is 8.78 Å². The Morgan fingerprint density at radius 1 is 1.12 bits per heavy atom. The molecular formula is C12H9BF2N2. The number of halogens is 2. The average Bonchev–Trinajstić information content (AvgIpc) is 2.34. The maximum atomic E-state index is 13.6. The van der Waals surface area contributed by atoms with Crippen LogP contribution in [0.1, 0.15) is 11.1 Å². The molecule has 0 unspecified atom stereocenters. The van der Waals surface area contributed by atoms with E-state index in [1.807, 2.05) is 0 Å². The SMILES string of the molecule is Bc1cc(F)c(C(=N)c2ccncc2)cc1F. The summed E-state index contributed by atoms with van der Waals surface area (Å²) in [5.41, 5.74) is 0.638. The average molecular weight is 230 g/mol. The molecule has 0 spiro atoms. The number of hydrogen-bond donors (Lipinski definition) is 1. The lowest BCUT2D eigenvalue weighted by molar-refractivity contribution is 0.604. The van der Waals surface area contributed by atoms with Crippen LogP contribution < -0.4 is 5.46 Å². The van der Waals surface area contributed by atoms with E-state index >= 15 is 0 Å². The van der Waals surface area contributed by atoms with Gasteiger partial charge in [0.1, 0.15) is 19.5 Å². The second-order valence-electron chi connectivity index (χ2n) is 3.69. The summed E-state index contributed by atoms with van der Waals surface area (Å²) in [5, 5.41) is 7.84. The van der Waals surface area contributed by atoms with Gasteiger partial charge in [-0.1, -0.05) is 5.46 Å². The topological polar surface area (TPSA) is 36.7 Å². The summed E-state index contributed by atoms with van der Waals surface area (Å²) in [5.74, 6) is -1.11. The fraction of sp³-hybridized carbons (Fsp3) is 0. The van der Waals surface area contributed by atoms with Gasteiger partial charge >= 0.3 is 0 Å². The van der Waals surface area contributed by atoms with Crippen LogP contribution >= 0.6 is 0 Å². The van der Waals surface area contributed by atoms with Crippen molar-refractivity contribution in [3.63, 3.8) is 0 Å². The largest absolute Gasteiger partial charge is 0.300 e. The molecule has 0 bridgehead atoms. The van der Waals surface area contributed by atoms with Crippen molar-refractivity contribution < 1.29 is 8.78 Å². The molecule has 0 amide bonds. The Balaban J connectivity index is 2.48. The summed E-state index contributed by atoms with van der Waals surface area (Å²) in [7, 11) is 1.48. The number of nitrogens with zero attached hydrogens (tertiary/aromatic N) is 1. The van der Waals surface area contributed by atoms with Crippen molar-refractivity contribution in [1.82, 2.24) is 4.98 Å². The molecule has 0 aliphatic carbocycles. The van der Waals surface area contributed by atoms with Crippen molar-refractivity contribution in [3.8, 4) is 0 Å². The molecule has 0 fully saturated rings. The number of hydrogen-bond acceptors (Lipinski definition) is 2. The molecule has 1 aromatic heterocycles. The van der Waals surface area contributed by atoms with Gasteiger partial charge in [0, 0.05) is 23.5 Å². The molecule has 1 heterocycles. The van der Waals surface area contributed by atoms with E-state index in [4.69, 9.17) is 5.41 Å². The third-order valence-electron chi connectivity index (χ3n) is 2.49. The Morgan fingerprint density at radius 3 is 2.41 bits per heavy atom. The van der Waals surface area contributed by atoms with Crippen molar-refractivity contribution in [2.75, 3.05) is 0 Å². The Kier molecular flexibility index (Phi) is 3.00. The van der Waals surface area contributed by atoms with Gasteiger partial charge in [0.05, 0.1) is 5.71 Å². The maximum Gasteiger partial charge on any atom is 0.143 e. The molecule has 1 aromatic carbocycles. The van der Waals surface area contributed by atoms with Gasteiger partial charge in [-0.15, -0.1) is 0 Å². The van der Waals surface area contributed by atoms with Crippen LogP contribution in [0.2, 0.25) is 0 Å². The normalized spacial score (nSPS) is 10.2. The monoisotopic (exact) mass is 230 g/mol. The van der Waals surface area contributed by atoms with Crippen molar-refractivity contribution in [3.05, 3.63) is 59.4 Å². The van der Waals surface area contributed by atoms with E-state index in [-0.39, 0.29) is 16.7 Å². The van der Waals surface area contributed by atoms with E-state index < -0.39 is 11.6 Å². The predicted octanol–water partition coefficient (Wildman–Crippen LogP) is 1.03. The van der Waals surface area contributed by atoms with Crippen molar-refractivity contribution in [2.24, 2.45) is 0 Å². The molecule has 0 radical (unpaired) electrons. The third kappa shape index (κ3) is 2.23. The number of pyridine rings is 1. The fourth-order valence-electron chi connectivity index (χ4n) is 1.51. The highest BCUT2D eigenvalue weighted by Crippen LogP contribution is 2.13. The Hall–Kier alpha value is -2.04. The highest BCUT2D eigenvalue weighted by molar-refractivity contribution is 6.32. The first kappa shape index (κ1) is 11.5. The predicted molar refractivity (Wildman–Crippen MR) is 64.7 cm³/mol. The van der Waals surface area contributed by atoms with Crippen LogP contribution in [0, 0.1) is 17.0 Å². The molecule has 0 saturated carbocycles. The minimum atomic E-state index is -0.592. The first-order valence-corrected chi connectivity index (χ1v) is 5.04. The number of benzene rings is 1. The fourth-order valence-corrected chi connectivity index (χ4v) is 1.51. The van der Waals surface area contributed by atoms with Crippen molar-refractivity contribution in [2.45, 2.75) is 0 Å². The van der Waals surface area contributed by atoms with E-state index in [9.17, 15) is 8.78 Å². The lowest BCUT2D eigenvalue weighted by atomic mass is 9.92. The lowest BCUT2D eigenvalue weighted by Crippen LogP contribution is -2.14. The van der Waals surface area contributed by atoms with Crippen LogP contribution in [0.25, 0.3) is 0 Å². The lowest BCUT2D eigenvalue weighted by Gasteiger charge is -2.07. The number of aromatic nitrogens is 1. The Morgan fingerprint density at radius 2 is 1.76 bits per heavy atom. The minimum Gasteiger partial charge on any atom is -0.300 e. The van der Waals surface area contributed by atoms with E-state index in [1.165, 1.54) is 20.2 Å². The molecule has 2 nitrogen and oxygen atoms in total. The summed E-state index contributed by atoms with van der Waals surface area (Å²) < 4.78 is 27.0.